The van der Waals surface area contributed by atoms with E-state index in [0.29, 0.717) is 12.6 Å². The molecule has 0 saturated carbocycles. The Balaban J connectivity index is 2.18. The first kappa shape index (κ1) is 17.3. The van der Waals surface area contributed by atoms with Crippen LogP contribution in [0.1, 0.15) is 39.0 Å². The van der Waals surface area contributed by atoms with Crippen LogP contribution in [0.3, 0.4) is 0 Å². The highest BCUT2D eigenvalue weighted by Gasteiger charge is 2.19. The Morgan fingerprint density at radius 3 is 2.86 bits per heavy atom. The number of carboxylic acid groups (broad SMARTS) is 1. The summed E-state index contributed by atoms with van der Waals surface area (Å²) < 4.78 is 0. The molecule has 0 aliphatic carbocycles. The summed E-state index contributed by atoms with van der Waals surface area (Å²) in [6, 6.07) is -0.902. The van der Waals surface area contributed by atoms with Crippen LogP contribution < -0.4 is 10.6 Å². The van der Waals surface area contributed by atoms with Gasteiger partial charge in [0.15, 0.2) is 0 Å². The average Bonchev–Trinajstić information content (AvgIpc) is 2.44. The molecule has 1 fully saturated rings. The highest BCUT2D eigenvalue weighted by molar-refractivity contribution is 5.82. The Morgan fingerprint density at radius 2 is 2.24 bits per heavy atom. The van der Waals surface area contributed by atoms with Gasteiger partial charge in [0.05, 0.1) is 0 Å². The van der Waals surface area contributed by atoms with Crippen LogP contribution >= 0.6 is 0 Å². The number of rotatable bonds is 7. The first-order chi connectivity index (χ1) is 10.0. The second kappa shape index (κ2) is 9.24. The summed E-state index contributed by atoms with van der Waals surface area (Å²) in [5, 5.41) is 13.9. The van der Waals surface area contributed by atoms with Gasteiger partial charge >= 0.3 is 12.0 Å². The minimum atomic E-state index is -1.12. The fourth-order valence-electron chi connectivity index (χ4n) is 2.50. The largest absolute Gasteiger partial charge is 0.480 e. The molecule has 0 spiro atoms. The molecule has 1 aliphatic rings. The van der Waals surface area contributed by atoms with E-state index in [1.54, 1.807) is 0 Å². The van der Waals surface area contributed by atoms with Crippen LogP contribution in [0.25, 0.3) is 0 Å². The van der Waals surface area contributed by atoms with E-state index in [4.69, 9.17) is 11.5 Å². The monoisotopic (exact) mass is 295 g/mol. The molecule has 1 rings (SSSR count). The molecule has 2 unspecified atom stereocenters. The zero-order valence-electron chi connectivity index (χ0n) is 12.6. The molecular formula is C15H25N3O3. The third kappa shape index (κ3) is 6.50. The van der Waals surface area contributed by atoms with Gasteiger partial charge in [-0.15, -0.1) is 12.3 Å². The van der Waals surface area contributed by atoms with Crippen molar-refractivity contribution in [1.82, 2.24) is 15.5 Å². The van der Waals surface area contributed by atoms with Crippen molar-refractivity contribution in [2.75, 3.05) is 19.6 Å². The van der Waals surface area contributed by atoms with Crippen molar-refractivity contribution in [3.05, 3.63) is 0 Å². The zero-order valence-corrected chi connectivity index (χ0v) is 12.6. The molecule has 0 aromatic carbocycles. The minimum Gasteiger partial charge on any atom is -0.480 e. The van der Waals surface area contributed by atoms with Gasteiger partial charge < -0.3 is 20.6 Å². The number of aliphatic carboxylic acids is 1. The van der Waals surface area contributed by atoms with E-state index in [1.807, 2.05) is 0 Å². The number of urea groups is 1. The molecule has 2 amide bonds. The smallest absolute Gasteiger partial charge is 0.327 e. The van der Waals surface area contributed by atoms with E-state index in [9.17, 15) is 9.59 Å². The van der Waals surface area contributed by atoms with E-state index in [-0.39, 0.29) is 6.42 Å². The maximum atomic E-state index is 11.6. The molecule has 1 saturated heterocycles. The Hall–Kier alpha value is -1.74. The number of carbonyl (C=O) groups excluding carboxylic acids is 1. The number of amides is 2. The molecule has 3 N–H and O–H groups in total. The highest BCUT2D eigenvalue weighted by atomic mass is 16.4. The Bertz CT molecular complexity index is 392. The molecule has 0 radical (unpaired) electrons. The maximum absolute atomic E-state index is 11.6. The van der Waals surface area contributed by atoms with Crippen molar-refractivity contribution >= 4 is 12.0 Å². The van der Waals surface area contributed by atoms with Crippen molar-refractivity contribution in [2.45, 2.75) is 51.1 Å². The van der Waals surface area contributed by atoms with Crippen molar-refractivity contribution in [1.29, 1.82) is 0 Å². The molecule has 0 aromatic heterocycles. The van der Waals surface area contributed by atoms with Crippen LogP contribution in [0.2, 0.25) is 0 Å². The number of carboxylic acids is 1. The van der Waals surface area contributed by atoms with Gasteiger partial charge in [0.2, 0.25) is 0 Å². The predicted molar refractivity (Wildman–Crippen MR) is 80.9 cm³/mol. The lowest BCUT2D eigenvalue weighted by molar-refractivity contribution is -0.139. The van der Waals surface area contributed by atoms with Crippen molar-refractivity contribution in [2.24, 2.45) is 0 Å². The average molecular weight is 295 g/mol. The summed E-state index contributed by atoms with van der Waals surface area (Å²) in [6.07, 6.45) is 9.67. The number of nitrogens with zero attached hydrogens (tertiary/aromatic N) is 1. The molecule has 1 heterocycles. The third-order valence-corrected chi connectivity index (χ3v) is 3.77. The van der Waals surface area contributed by atoms with Crippen molar-refractivity contribution < 1.29 is 14.7 Å². The number of carbonyl (C=O) groups is 2. The Labute approximate surface area is 126 Å². The van der Waals surface area contributed by atoms with Gasteiger partial charge in [-0.2, -0.15) is 0 Å². The topological polar surface area (TPSA) is 81.7 Å². The van der Waals surface area contributed by atoms with E-state index < -0.39 is 18.0 Å². The van der Waals surface area contributed by atoms with Crippen LogP contribution in [0.15, 0.2) is 0 Å². The third-order valence-electron chi connectivity index (χ3n) is 3.77. The van der Waals surface area contributed by atoms with E-state index in [0.717, 1.165) is 19.5 Å². The maximum Gasteiger partial charge on any atom is 0.327 e. The summed E-state index contributed by atoms with van der Waals surface area (Å²) in [5.74, 6) is 1.12. The van der Waals surface area contributed by atoms with Crippen LogP contribution in [0.5, 0.6) is 0 Å². The van der Waals surface area contributed by atoms with E-state index in [1.165, 1.54) is 19.3 Å². The van der Waals surface area contributed by atoms with Crippen LogP contribution in [0, 0.1) is 12.3 Å². The summed E-state index contributed by atoms with van der Waals surface area (Å²) in [6.45, 7) is 4.83. The summed E-state index contributed by atoms with van der Waals surface area (Å²) in [5.41, 5.74) is 0. The lowest BCUT2D eigenvalue weighted by Gasteiger charge is -2.33. The Morgan fingerprint density at radius 1 is 1.48 bits per heavy atom. The molecule has 6 nitrogen and oxygen atoms in total. The molecule has 0 bridgehead atoms. The highest BCUT2D eigenvalue weighted by Crippen LogP contribution is 2.15. The molecule has 1 aliphatic heterocycles. The normalized spacial score (nSPS) is 20.3. The fraction of sp³-hybridized carbons (Fsp3) is 0.733. The van der Waals surface area contributed by atoms with E-state index in [2.05, 4.69) is 28.4 Å². The van der Waals surface area contributed by atoms with Crippen molar-refractivity contribution in [3.63, 3.8) is 0 Å². The number of piperidine rings is 1. The first-order valence-electron chi connectivity index (χ1n) is 7.49. The lowest BCUT2D eigenvalue weighted by atomic mass is 10.0. The quantitative estimate of drug-likeness (QED) is 0.484. The second-order valence-corrected chi connectivity index (χ2v) is 5.43. The number of hydrogen-bond donors (Lipinski definition) is 3. The molecule has 21 heavy (non-hydrogen) atoms. The fourth-order valence-corrected chi connectivity index (χ4v) is 2.50. The number of terminal acetylenes is 1. The van der Waals surface area contributed by atoms with E-state index >= 15 is 0 Å². The van der Waals surface area contributed by atoms with Gasteiger partial charge in [-0.1, -0.05) is 6.42 Å². The van der Waals surface area contributed by atoms with Gasteiger partial charge in [-0.05, 0) is 32.7 Å². The van der Waals surface area contributed by atoms with Gasteiger partial charge in [-0.25, -0.2) is 9.59 Å². The predicted octanol–water partition coefficient (Wildman–Crippen LogP) is 1.03. The van der Waals surface area contributed by atoms with Gasteiger partial charge in [0.25, 0.3) is 0 Å². The summed E-state index contributed by atoms with van der Waals surface area (Å²) >= 11 is 0. The molecule has 6 heteroatoms. The van der Waals surface area contributed by atoms with Crippen LogP contribution in [-0.4, -0.2) is 53.7 Å². The summed E-state index contributed by atoms with van der Waals surface area (Å²) in [4.78, 5) is 24.9. The van der Waals surface area contributed by atoms with Crippen LogP contribution in [0.4, 0.5) is 4.79 Å². The van der Waals surface area contributed by atoms with Gasteiger partial charge in [0.1, 0.15) is 6.04 Å². The lowest BCUT2D eigenvalue weighted by Crippen LogP contribution is -2.46. The standard InChI is InChI=1S/C15H25N3O3/c1-3-7-13(14(19)20)17-15(21)16-9-6-11-18-10-5-4-8-12(18)2/h1,12-13H,4-11H2,2H3,(H,19,20)(H2,16,17,21). The van der Waals surface area contributed by atoms with Crippen molar-refractivity contribution in [3.8, 4) is 12.3 Å². The Kier molecular flexibility index (Phi) is 7.62. The molecule has 2 atom stereocenters. The van der Waals surface area contributed by atoms with Gasteiger partial charge in [-0.3, -0.25) is 0 Å². The van der Waals surface area contributed by atoms with Crippen LogP contribution in [-0.2, 0) is 4.79 Å². The summed E-state index contributed by atoms with van der Waals surface area (Å²) in [7, 11) is 0. The number of likely N-dealkylation sites (tertiary alicyclic amines) is 1. The second-order valence-electron chi connectivity index (χ2n) is 5.43. The SMILES string of the molecule is C#CCC(NC(=O)NCCCN1CCCCC1C)C(=O)O. The molecule has 0 aromatic rings. The number of nitrogens with one attached hydrogen (secondary N) is 2. The molecule has 118 valence electrons. The zero-order chi connectivity index (χ0) is 15.7. The molecular weight excluding hydrogens is 270 g/mol. The minimum absolute atomic E-state index is 0.0198. The first-order valence-corrected chi connectivity index (χ1v) is 7.49. The number of hydrogen-bond acceptors (Lipinski definition) is 3. The van der Waals surface area contributed by atoms with Gasteiger partial charge in [0, 0.05) is 25.6 Å².